The van der Waals surface area contributed by atoms with Crippen LogP contribution in [-0.4, -0.2) is 12.5 Å². The van der Waals surface area contributed by atoms with Crippen molar-refractivity contribution in [3.63, 3.8) is 0 Å². The van der Waals surface area contributed by atoms with Crippen LogP contribution in [0.4, 0.5) is 5.69 Å². The molecule has 0 saturated heterocycles. The van der Waals surface area contributed by atoms with E-state index < -0.39 is 0 Å². The molecule has 0 bridgehead atoms. The lowest BCUT2D eigenvalue weighted by molar-refractivity contribution is 0.102. The lowest BCUT2D eigenvalue weighted by atomic mass is 10.1. The Morgan fingerprint density at radius 2 is 1.79 bits per heavy atom. The molecule has 1 amide bonds. The summed E-state index contributed by atoms with van der Waals surface area (Å²) in [6.07, 6.45) is 0. The Hall–Kier alpha value is -2.29. The maximum Gasteiger partial charge on any atom is 0.255 e. The van der Waals surface area contributed by atoms with Gasteiger partial charge < -0.3 is 10.1 Å². The van der Waals surface area contributed by atoms with E-state index in [1.807, 2.05) is 62.4 Å². The van der Waals surface area contributed by atoms with E-state index in [1.54, 1.807) is 0 Å². The topological polar surface area (TPSA) is 38.3 Å². The molecule has 19 heavy (non-hydrogen) atoms. The summed E-state index contributed by atoms with van der Waals surface area (Å²) in [5.41, 5.74) is 2.42. The van der Waals surface area contributed by atoms with E-state index in [2.05, 4.69) is 5.32 Å². The normalized spacial score (nSPS) is 10.0. The highest BCUT2D eigenvalue weighted by Gasteiger charge is 2.08. The Morgan fingerprint density at radius 3 is 2.42 bits per heavy atom. The van der Waals surface area contributed by atoms with Crippen molar-refractivity contribution >= 4 is 11.6 Å². The van der Waals surface area contributed by atoms with Crippen molar-refractivity contribution in [2.24, 2.45) is 0 Å². The first-order chi connectivity index (χ1) is 9.20. The Kier molecular flexibility index (Phi) is 4.18. The summed E-state index contributed by atoms with van der Waals surface area (Å²) in [4.78, 5) is 12.1. The van der Waals surface area contributed by atoms with Crippen molar-refractivity contribution in [3.05, 3.63) is 59.7 Å². The Balaban J connectivity index is 2.09. The molecule has 2 rings (SSSR count). The van der Waals surface area contributed by atoms with Gasteiger partial charge in [-0.25, -0.2) is 0 Å². The molecular formula is C16H17NO2. The summed E-state index contributed by atoms with van der Waals surface area (Å²) in [6, 6.07) is 14.9. The fraction of sp³-hybridized carbons (Fsp3) is 0.188. The van der Waals surface area contributed by atoms with E-state index in [4.69, 9.17) is 4.74 Å². The van der Waals surface area contributed by atoms with Gasteiger partial charge in [0.2, 0.25) is 0 Å². The Bertz CT molecular complexity index is 561. The zero-order valence-electron chi connectivity index (χ0n) is 11.1. The zero-order valence-corrected chi connectivity index (χ0v) is 11.1. The molecule has 0 aliphatic carbocycles. The molecular weight excluding hydrogens is 238 g/mol. The van der Waals surface area contributed by atoms with E-state index in [0.29, 0.717) is 12.2 Å². The molecule has 0 unspecified atom stereocenters. The van der Waals surface area contributed by atoms with Gasteiger partial charge in [-0.2, -0.15) is 0 Å². The molecule has 2 aromatic carbocycles. The summed E-state index contributed by atoms with van der Waals surface area (Å²) in [5.74, 6) is 0.707. The van der Waals surface area contributed by atoms with E-state index >= 15 is 0 Å². The Labute approximate surface area is 113 Å². The number of carbonyl (C=O) groups excluding carboxylic acids is 1. The molecule has 0 radical (unpaired) electrons. The third kappa shape index (κ3) is 3.35. The fourth-order valence-electron chi connectivity index (χ4n) is 1.83. The van der Waals surface area contributed by atoms with Crippen molar-refractivity contribution in [2.75, 3.05) is 11.9 Å². The minimum Gasteiger partial charge on any atom is -0.494 e. The average molecular weight is 255 g/mol. The molecule has 3 nitrogen and oxygen atoms in total. The quantitative estimate of drug-likeness (QED) is 0.905. The second kappa shape index (κ2) is 6.05. The van der Waals surface area contributed by atoms with Gasteiger partial charge in [-0.1, -0.05) is 18.2 Å². The van der Waals surface area contributed by atoms with Crippen LogP contribution in [0.3, 0.4) is 0 Å². The number of carbonyl (C=O) groups is 1. The van der Waals surface area contributed by atoms with Crippen LogP contribution < -0.4 is 10.1 Å². The molecule has 0 atom stereocenters. The maximum atomic E-state index is 12.1. The van der Waals surface area contributed by atoms with Crippen molar-refractivity contribution in [3.8, 4) is 5.75 Å². The van der Waals surface area contributed by atoms with Crippen molar-refractivity contribution in [1.82, 2.24) is 0 Å². The standard InChI is InChI=1S/C16H17NO2/c1-3-19-14-10-8-13(9-11-14)17-16(18)15-7-5-4-6-12(15)2/h4-11H,3H2,1-2H3,(H,17,18). The monoisotopic (exact) mass is 255 g/mol. The number of benzene rings is 2. The van der Waals surface area contributed by atoms with Gasteiger partial charge in [0.25, 0.3) is 5.91 Å². The minimum atomic E-state index is -0.0951. The number of hydrogen-bond acceptors (Lipinski definition) is 2. The van der Waals surface area contributed by atoms with Crippen molar-refractivity contribution in [1.29, 1.82) is 0 Å². The van der Waals surface area contributed by atoms with Crippen LogP contribution in [0.15, 0.2) is 48.5 Å². The number of rotatable bonds is 4. The first-order valence-electron chi connectivity index (χ1n) is 6.30. The highest BCUT2D eigenvalue weighted by Crippen LogP contribution is 2.17. The summed E-state index contributed by atoms with van der Waals surface area (Å²) in [7, 11) is 0. The van der Waals surface area contributed by atoms with Crippen LogP contribution in [0.25, 0.3) is 0 Å². The summed E-state index contributed by atoms with van der Waals surface area (Å²) < 4.78 is 5.36. The number of aryl methyl sites for hydroxylation is 1. The van der Waals surface area contributed by atoms with Gasteiger partial charge in [-0.3, -0.25) is 4.79 Å². The first kappa shape index (κ1) is 13.1. The van der Waals surface area contributed by atoms with E-state index in [1.165, 1.54) is 0 Å². The molecule has 0 heterocycles. The number of amides is 1. The van der Waals surface area contributed by atoms with E-state index in [-0.39, 0.29) is 5.91 Å². The summed E-state index contributed by atoms with van der Waals surface area (Å²) >= 11 is 0. The molecule has 0 fully saturated rings. The largest absolute Gasteiger partial charge is 0.494 e. The molecule has 0 saturated carbocycles. The summed E-state index contributed by atoms with van der Waals surface area (Å²) in [6.45, 7) is 4.50. The lowest BCUT2D eigenvalue weighted by Gasteiger charge is -2.08. The van der Waals surface area contributed by atoms with Crippen LogP contribution >= 0.6 is 0 Å². The molecule has 0 aromatic heterocycles. The van der Waals surface area contributed by atoms with Crippen LogP contribution in [-0.2, 0) is 0 Å². The van der Waals surface area contributed by atoms with Gasteiger partial charge >= 0.3 is 0 Å². The molecule has 0 aliphatic heterocycles. The van der Waals surface area contributed by atoms with Gasteiger partial charge in [-0.05, 0) is 49.7 Å². The van der Waals surface area contributed by atoms with Gasteiger partial charge in [0, 0.05) is 11.3 Å². The van der Waals surface area contributed by atoms with Gasteiger partial charge in [0.15, 0.2) is 0 Å². The lowest BCUT2D eigenvalue weighted by Crippen LogP contribution is -2.13. The number of anilines is 1. The predicted octanol–water partition coefficient (Wildman–Crippen LogP) is 3.65. The number of hydrogen-bond donors (Lipinski definition) is 1. The van der Waals surface area contributed by atoms with E-state index in [0.717, 1.165) is 17.0 Å². The highest BCUT2D eigenvalue weighted by atomic mass is 16.5. The smallest absolute Gasteiger partial charge is 0.255 e. The fourth-order valence-corrected chi connectivity index (χ4v) is 1.83. The molecule has 3 heteroatoms. The highest BCUT2D eigenvalue weighted by molar-refractivity contribution is 6.05. The molecule has 2 aromatic rings. The number of nitrogens with one attached hydrogen (secondary N) is 1. The first-order valence-corrected chi connectivity index (χ1v) is 6.30. The van der Waals surface area contributed by atoms with Gasteiger partial charge in [-0.15, -0.1) is 0 Å². The second-order valence-corrected chi connectivity index (χ2v) is 4.23. The molecule has 0 aliphatic rings. The maximum absolute atomic E-state index is 12.1. The molecule has 1 N–H and O–H groups in total. The van der Waals surface area contributed by atoms with Crippen LogP contribution in [0.1, 0.15) is 22.8 Å². The zero-order chi connectivity index (χ0) is 13.7. The van der Waals surface area contributed by atoms with Crippen LogP contribution in [0.2, 0.25) is 0 Å². The van der Waals surface area contributed by atoms with Crippen LogP contribution in [0.5, 0.6) is 5.75 Å². The number of ether oxygens (including phenoxy) is 1. The predicted molar refractivity (Wildman–Crippen MR) is 76.7 cm³/mol. The third-order valence-corrected chi connectivity index (χ3v) is 2.81. The van der Waals surface area contributed by atoms with Gasteiger partial charge in [0.1, 0.15) is 5.75 Å². The SMILES string of the molecule is CCOc1ccc(NC(=O)c2ccccc2C)cc1. The molecule has 98 valence electrons. The van der Waals surface area contributed by atoms with Crippen molar-refractivity contribution < 1.29 is 9.53 Å². The van der Waals surface area contributed by atoms with Crippen LogP contribution in [0, 0.1) is 6.92 Å². The summed E-state index contributed by atoms with van der Waals surface area (Å²) in [5, 5.41) is 2.87. The van der Waals surface area contributed by atoms with Crippen molar-refractivity contribution in [2.45, 2.75) is 13.8 Å². The minimum absolute atomic E-state index is 0.0951. The third-order valence-electron chi connectivity index (χ3n) is 2.81. The van der Waals surface area contributed by atoms with Gasteiger partial charge in [0.05, 0.1) is 6.61 Å². The average Bonchev–Trinajstić information content (AvgIpc) is 2.42. The van der Waals surface area contributed by atoms with E-state index in [9.17, 15) is 4.79 Å². The Morgan fingerprint density at radius 1 is 1.11 bits per heavy atom. The second-order valence-electron chi connectivity index (χ2n) is 4.23. The molecule has 0 spiro atoms.